The van der Waals surface area contributed by atoms with Crippen LogP contribution >= 0.6 is 0 Å². The summed E-state index contributed by atoms with van der Waals surface area (Å²) < 4.78 is 37.7. The maximum Gasteiger partial charge on any atom is 0.491 e. The molecule has 0 spiro atoms. The highest BCUT2D eigenvalue weighted by atomic mass is 19.2. The van der Waals surface area contributed by atoms with Gasteiger partial charge in [-0.2, -0.15) is 4.39 Å². The zero-order chi connectivity index (χ0) is 10.2. The Kier molecular flexibility index (Phi) is 2.49. The molecule has 1 rings (SSSR count). The Morgan fingerprint density at radius 2 is 1.62 bits per heavy atom. The van der Waals surface area contributed by atoms with E-state index in [0.717, 1.165) is 0 Å². The monoisotopic (exact) mass is 192 g/mol. The number of halogens is 3. The summed E-state index contributed by atoms with van der Waals surface area (Å²) >= 11 is 0. The highest BCUT2D eigenvalue weighted by Crippen LogP contribution is 2.20. The van der Waals surface area contributed by atoms with E-state index < -0.39 is 35.8 Å². The fourth-order valence-corrected chi connectivity index (χ4v) is 0.792. The predicted molar refractivity (Wildman–Crippen MR) is 37.8 cm³/mol. The van der Waals surface area contributed by atoms with Crippen molar-refractivity contribution in [2.24, 2.45) is 0 Å². The van der Waals surface area contributed by atoms with Gasteiger partial charge in [-0.15, -0.1) is 0 Å². The number of rotatable bonds is 1. The molecule has 0 atom stereocenters. The molecule has 0 heterocycles. The van der Waals surface area contributed by atoms with Crippen LogP contribution in [0.5, 0.6) is 5.75 Å². The number of hydrogen-bond acceptors (Lipinski definition) is 3. The fourth-order valence-electron chi connectivity index (χ4n) is 0.792. The first kappa shape index (κ1) is 9.88. The van der Waals surface area contributed by atoms with Crippen molar-refractivity contribution in [3.8, 4) is 5.75 Å². The third-order valence-corrected chi connectivity index (χ3v) is 1.44. The van der Waals surface area contributed by atoms with Crippen molar-refractivity contribution in [2.75, 3.05) is 0 Å². The number of hydrogen-bond donors (Lipinski definition) is 3. The van der Waals surface area contributed by atoms with Gasteiger partial charge in [0.05, 0.1) is 0 Å². The molecule has 0 aromatic heterocycles. The van der Waals surface area contributed by atoms with E-state index in [0.29, 0.717) is 6.07 Å². The van der Waals surface area contributed by atoms with Gasteiger partial charge in [-0.3, -0.25) is 0 Å². The van der Waals surface area contributed by atoms with Crippen LogP contribution < -0.4 is 5.46 Å². The summed E-state index contributed by atoms with van der Waals surface area (Å²) in [5.41, 5.74) is -0.965. The van der Waals surface area contributed by atoms with Crippen LogP contribution in [-0.4, -0.2) is 22.3 Å². The smallest absolute Gasteiger partial charge is 0.491 e. The van der Waals surface area contributed by atoms with Gasteiger partial charge in [-0.25, -0.2) is 8.78 Å². The average Bonchev–Trinajstić information content (AvgIpc) is 2.07. The third-order valence-electron chi connectivity index (χ3n) is 1.44. The topological polar surface area (TPSA) is 60.7 Å². The molecule has 1 aromatic rings. The first-order chi connectivity index (χ1) is 5.95. The van der Waals surface area contributed by atoms with E-state index in [9.17, 15) is 13.2 Å². The summed E-state index contributed by atoms with van der Waals surface area (Å²) in [5, 5.41) is 25.4. The Morgan fingerprint density at radius 3 is 2.08 bits per heavy atom. The molecule has 0 aliphatic carbocycles. The van der Waals surface area contributed by atoms with E-state index in [2.05, 4.69) is 0 Å². The molecule has 1 aromatic carbocycles. The lowest BCUT2D eigenvalue weighted by molar-refractivity contribution is 0.374. The normalized spacial score (nSPS) is 10.2. The predicted octanol–water partition coefficient (Wildman–Crippen LogP) is -0.511. The van der Waals surface area contributed by atoms with Crippen molar-refractivity contribution in [2.45, 2.75) is 0 Å². The molecular formula is C6H4BF3O3. The molecule has 3 nitrogen and oxygen atoms in total. The quantitative estimate of drug-likeness (QED) is 0.414. The first-order valence-corrected chi connectivity index (χ1v) is 3.17. The van der Waals surface area contributed by atoms with Gasteiger partial charge < -0.3 is 15.2 Å². The largest absolute Gasteiger partial charge is 0.503 e. The zero-order valence-corrected chi connectivity index (χ0v) is 6.13. The van der Waals surface area contributed by atoms with Gasteiger partial charge in [-0.05, 0) is 6.07 Å². The Bertz CT molecular complexity index is 342. The van der Waals surface area contributed by atoms with E-state index in [-0.39, 0.29) is 0 Å². The third kappa shape index (κ3) is 1.61. The summed E-state index contributed by atoms with van der Waals surface area (Å²) in [5.74, 6) is -6.47. The van der Waals surface area contributed by atoms with Crippen LogP contribution in [0.25, 0.3) is 0 Å². The van der Waals surface area contributed by atoms with Crippen LogP contribution in [0, 0.1) is 17.5 Å². The second-order valence-corrected chi connectivity index (χ2v) is 2.30. The van der Waals surface area contributed by atoms with Crippen molar-refractivity contribution >= 4 is 12.6 Å². The van der Waals surface area contributed by atoms with Crippen LogP contribution in [-0.2, 0) is 0 Å². The molecule has 13 heavy (non-hydrogen) atoms. The molecule has 0 fully saturated rings. The lowest BCUT2D eigenvalue weighted by Crippen LogP contribution is -2.34. The van der Waals surface area contributed by atoms with Gasteiger partial charge in [-0.1, -0.05) is 0 Å². The fraction of sp³-hybridized carbons (Fsp3) is 0. The Morgan fingerprint density at radius 1 is 1.08 bits per heavy atom. The van der Waals surface area contributed by atoms with Gasteiger partial charge >= 0.3 is 7.12 Å². The molecule has 7 heteroatoms. The Hall–Kier alpha value is -1.21. The summed E-state index contributed by atoms with van der Waals surface area (Å²) in [7, 11) is -2.33. The maximum atomic E-state index is 12.7. The highest BCUT2D eigenvalue weighted by Gasteiger charge is 2.24. The van der Waals surface area contributed by atoms with Crippen LogP contribution in [0.4, 0.5) is 13.2 Å². The lowest BCUT2D eigenvalue weighted by atomic mass is 9.79. The minimum Gasteiger partial charge on any atom is -0.503 e. The highest BCUT2D eigenvalue weighted by molar-refractivity contribution is 6.58. The molecule has 0 bridgehead atoms. The van der Waals surface area contributed by atoms with Crippen molar-refractivity contribution in [3.63, 3.8) is 0 Å². The maximum absolute atomic E-state index is 12.7. The first-order valence-electron chi connectivity index (χ1n) is 3.17. The van der Waals surface area contributed by atoms with Gasteiger partial charge in [0.15, 0.2) is 17.4 Å². The van der Waals surface area contributed by atoms with Gasteiger partial charge in [0, 0.05) is 5.46 Å². The zero-order valence-electron chi connectivity index (χ0n) is 6.13. The van der Waals surface area contributed by atoms with E-state index in [1.165, 1.54) is 0 Å². The molecule has 3 N–H and O–H groups in total. The molecule has 0 radical (unpaired) electrons. The molecule has 0 saturated carbocycles. The van der Waals surface area contributed by atoms with E-state index in [1.807, 2.05) is 0 Å². The summed E-state index contributed by atoms with van der Waals surface area (Å²) in [6.45, 7) is 0. The average molecular weight is 192 g/mol. The van der Waals surface area contributed by atoms with Crippen LogP contribution in [0.3, 0.4) is 0 Å². The number of aromatic hydroxyl groups is 1. The number of phenolic OH excluding ortho intramolecular Hbond substituents is 1. The van der Waals surface area contributed by atoms with Crippen molar-refractivity contribution < 1.29 is 28.3 Å². The molecule has 0 aliphatic rings. The van der Waals surface area contributed by atoms with E-state index in [1.54, 1.807) is 0 Å². The van der Waals surface area contributed by atoms with Gasteiger partial charge in [0.2, 0.25) is 5.82 Å². The SMILES string of the molecule is OB(O)c1cc(F)c(O)c(F)c1F. The van der Waals surface area contributed by atoms with Crippen molar-refractivity contribution in [3.05, 3.63) is 23.5 Å². The minimum atomic E-state index is -2.33. The number of benzene rings is 1. The molecule has 70 valence electrons. The molecular weight excluding hydrogens is 188 g/mol. The lowest BCUT2D eigenvalue weighted by Gasteiger charge is -2.04. The summed E-state index contributed by atoms with van der Waals surface area (Å²) in [6.07, 6.45) is 0. The van der Waals surface area contributed by atoms with Crippen LogP contribution in [0.1, 0.15) is 0 Å². The van der Waals surface area contributed by atoms with Crippen LogP contribution in [0.2, 0.25) is 0 Å². The molecule has 0 unspecified atom stereocenters. The van der Waals surface area contributed by atoms with E-state index in [4.69, 9.17) is 15.2 Å². The van der Waals surface area contributed by atoms with Gasteiger partial charge in [0.1, 0.15) is 0 Å². The van der Waals surface area contributed by atoms with Gasteiger partial charge in [0.25, 0.3) is 0 Å². The molecule has 0 amide bonds. The molecule has 0 saturated heterocycles. The summed E-state index contributed by atoms with van der Waals surface area (Å²) in [6, 6.07) is 0.304. The molecule has 0 aliphatic heterocycles. The number of phenols is 1. The second kappa shape index (κ2) is 3.27. The Labute approximate surface area is 71.2 Å². The Balaban J connectivity index is 3.41. The standard InChI is InChI=1S/C6H4BF3O3/c8-3-1-2(7(12)13)4(9)5(10)6(3)11/h1,11-13H. The van der Waals surface area contributed by atoms with Crippen molar-refractivity contribution in [1.82, 2.24) is 0 Å². The summed E-state index contributed by atoms with van der Waals surface area (Å²) in [4.78, 5) is 0. The van der Waals surface area contributed by atoms with Crippen molar-refractivity contribution in [1.29, 1.82) is 0 Å². The van der Waals surface area contributed by atoms with Crippen LogP contribution in [0.15, 0.2) is 6.07 Å². The minimum absolute atomic E-state index is 0.304. The van der Waals surface area contributed by atoms with E-state index >= 15 is 0 Å². The second-order valence-electron chi connectivity index (χ2n) is 2.30.